The Bertz CT molecular complexity index is 216. The average molecular weight is 213 g/mol. The molecule has 0 amide bonds. The van der Waals surface area contributed by atoms with E-state index in [9.17, 15) is 4.79 Å². The molecule has 0 radical (unpaired) electrons. The second kappa shape index (κ2) is 5.50. The van der Waals surface area contributed by atoms with Gasteiger partial charge in [-0.25, -0.2) is 0 Å². The number of rotatable bonds is 5. The van der Waals surface area contributed by atoms with Crippen molar-refractivity contribution in [2.45, 2.75) is 33.6 Å². The Kier molecular flexibility index (Phi) is 4.58. The Morgan fingerprint density at radius 2 is 2.13 bits per heavy atom. The lowest BCUT2D eigenvalue weighted by molar-refractivity contribution is -0.141. The van der Waals surface area contributed by atoms with E-state index in [-0.39, 0.29) is 5.92 Å². The molecule has 2 unspecified atom stereocenters. The maximum absolute atomic E-state index is 10.8. The van der Waals surface area contributed by atoms with Gasteiger partial charge in [0.05, 0.1) is 5.92 Å². The van der Waals surface area contributed by atoms with Gasteiger partial charge in [0.25, 0.3) is 0 Å². The van der Waals surface area contributed by atoms with Crippen molar-refractivity contribution in [1.29, 1.82) is 0 Å². The lowest BCUT2D eigenvalue weighted by Crippen LogP contribution is -2.28. The summed E-state index contributed by atoms with van der Waals surface area (Å²) >= 11 is 0. The summed E-state index contributed by atoms with van der Waals surface area (Å²) < 4.78 is 0. The molecule has 1 heterocycles. The monoisotopic (exact) mass is 213 g/mol. The van der Waals surface area contributed by atoms with Crippen LogP contribution in [0.3, 0.4) is 0 Å². The van der Waals surface area contributed by atoms with E-state index >= 15 is 0 Å². The molecule has 0 aromatic heterocycles. The minimum atomic E-state index is -0.631. The van der Waals surface area contributed by atoms with E-state index in [4.69, 9.17) is 5.11 Å². The van der Waals surface area contributed by atoms with Gasteiger partial charge < -0.3 is 10.0 Å². The zero-order valence-electron chi connectivity index (χ0n) is 10.1. The summed E-state index contributed by atoms with van der Waals surface area (Å²) in [5.41, 5.74) is 0. The normalized spacial score (nSPS) is 24.7. The molecule has 1 aliphatic heterocycles. The van der Waals surface area contributed by atoms with Gasteiger partial charge in [-0.15, -0.1) is 0 Å². The fourth-order valence-corrected chi connectivity index (χ4v) is 2.52. The van der Waals surface area contributed by atoms with Gasteiger partial charge in [0, 0.05) is 13.1 Å². The first-order valence-electron chi connectivity index (χ1n) is 5.94. The van der Waals surface area contributed by atoms with E-state index in [0.29, 0.717) is 5.92 Å². The third kappa shape index (κ3) is 4.20. The van der Waals surface area contributed by atoms with Crippen molar-refractivity contribution in [2.24, 2.45) is 17.8 Å². The van der Waals surface area contributed by atoms with Crippen molar-refractivity contribution in [2.75, 3.05) is 19.6 Å². The Morgan fingerprint density at radius 3 is 2.60 bits per heavy atom. The maximum Gasteiger partial charge on any atom is 0.307 e. The highest BCUT2D eigenvalue weighted by atomic mass is 16.4. The van der Waals surface area contributed by atoms with Crippen LogP contribution in [0, 0.1) is 17.8 Å². The molecular weight excluding hydrogens is 190 g/mol. The van der Waals surface area contributed by atoms with E-state index in [1.807, 2.05) is 0 Å². The number of carboxylic acids is 1. The van der Waals surface area contributed by atoms with E-state index < -0.39 is 5.97 Å². The molecule has 2 atom stereocenters. The highest BCUT2D eigenvalue weighted by Crippen LogP contribution is 2.19. The molecule has 1 rings (SSSR count). The van der Waals surface area contributed by atoms with Crippen molar-refractivity contribution in [3.63, 3.8) is 0 Å². The van der Waals surface area contributed by atoms with Crippen molar-refractivity contribution in [1.82, 2.24) is 4.90 Å². The molecule has 3 heteroatoms. The highest BCUT2D eigenvalue weighted by molar-refractivity contribution is 5.70. The molecule has 0 aliphatic carbocycles. The second-order valence-electron chi connectivity index (χ2n) is 5.32. The zero-order valence-corrected chi connectivity index (χ0v) is 10.1. The Morgan fingerprint density at radius 1 is 1.47 bits per heavy atom. The van der Waals surface area contributed by atoms with Gasteiger partial charge in [-0.2, -0.15) is 0 Å². The van der Waals surface area contributed by atoms with Crippen molar-refractivity contribution in [3.8, 4) is 0 Å². The zero-order chi connectivity index (χ0) is 11.4. The molecule has 88 valence electrons. The molecule has 0 saturated carbocycles. The molecular formula is C12H23NO2. The summed E-state index contributed by atoms with van der Waals surface area (Å²) in [5, 5.41) is 8.88. The molecule has 0 aromatic carbocycles. The number of hydrogen-bond donors (Lipinski definition) is 1. The minimum absolute atomic E-state index is 0.128. The smallest absolute Gasteiger partial charge is 0.307 e. The lowest BCUT2D eigenvalue weighted by Gasteiger charge is -2.21. The van der Waals surface area contributed by atoms with E-state index in [1.54, 1.807) is 0 Å². The summed E-state index contributed by atoms with van der Waals surface area (Å²) in [5.74, 6) is 0.653. The lowest BCUT2D eigenvalue weighted by atomic mass is 9.98. The third-order valence-electron chi connectivity index (χ3n) is 3.07. The van der Waals surface area contributed by atoms with Crippen molar-refractivity contribution in [3.05, 3.63) is 0 Å². The first-order chi connectivity index (χ1) is 6.99. The Hall–Kier alpha value is -0.570. The number of likely N-dealkylation sites (tertiary alicyclic amines) is 1. The van der Waals surface area contributed by atoms with Gasteiger partial charge in [0.1, 0.15) is 0 Å². The number of hydrogen-bond acceptors (Lipinski definition) is 2. The van der Waals surface area contributed by atoms with Crippen molar-refractivity contribution < 1.29 is 9.90 Å². The van der Waals surface area contributed by atoms with Crippen LogP contribution in [0.5, 0.6) is 0 Å². The number of carbonyl (C=O) groups is 1. The van der Waals surface area contributed by atoms with Gasteiger partial charge >= 0.3 is 5.97 Å². The predicted octanol–water partition coefficient (Wildman–Crippen LogP) is 2.08. The van der Waals surface area contributed by atoms with Crippen LogP contribution in [0.4, 0.5) is 0 Å². The SMILES string of the molecule is CC(C)CC(C)CN1CCC(C(=O)O)C1. The summed E-state index contributed by atoms with van der Waals surface area (Å²) in [6.07, 6.45) is 2.05. The molecule has 0 aromatic rings. The molecule has 0 spiro atoms. The maximum atomic E-state index is 10.8. The van der Waals surface area contributed by atoms with Crippen LogP contribution in [-0.2, 0) is 4.79 Å². The van der Waals surface area contributed by atoms with Gasteiger partial charge in [0.15, 0.2) is 0 Å². The van der Waals surface area contributed by atoms with Crippen LogP contribution < -0.4 is 0 Å². The first-order valence-corrected chi connectivity index (χ1v) is 5.94. The number of nitrogens with zero attached hydrogens (tertiary/aromatic N) is 1. The van der Waals surface area contributed by atoms with Crippen LogP contribution in [0.25, 0.3) is 0 Å². The van der Waals surface area contributed by atoms with Gasteiger partial charge in [-0.05, 0) is 31.2 Å². The molecule has 3 nitrogen and oxygen atoms in total. The van der Waals surface area contributed by atoms with Crippen LogP contribution in [0.2, 0.25) is 0 Å². The largest absolute Gasteiger partial charge is 0.481 e. The van der Waals surface area contributed by atoms with Crippen LogP contribution in [-0.4, -0.2) is 35.6 Å². The topological polar surface area (TPSA) is 40.5 Å². The fraction of sp³-hybridized carbons (Fsp3) is 0.917. The van der Waals surface area contributed by atoms with Crippen LogP contribution >= 0.6 is 0 Å². The predicted molar refractivity (Wildman–Crippen MR) is 60.8 cm³/mol. The minimum Gasteiger partial charge on any atom is -0.481 e. The molecule has 15 heavy (non-hydrogen) atoms. The Balaban J connectivity index is 2.26. The summed E-state index contributed by atoms with van der Waals surface area (Å²) in [6, 6.07) is 0. The molecule has 1 aliphatic rings. The third-order valence-corrected chi connectivity index (χ3v) is 3.07. The second-order valence-corrected chi connectivity index (χ2v) is 5.32. The quantitative estimate of drug-likeness (QED) is 0.760. The van der Waals surface area contributed by atoms with E-state index in [1.165, 1.54) is 6.42 Å². The van der Waals surface area contributed by atoms with E-state index in [0.717, 1.165) is 32.0 Å². The van der Waals surface area contributed by atoms with Crippen LogP contribution in [0.15, 0.2) is 0 Å². The summed E-state index contributed by atoms with van der Waals surface area (Å²) in [6.45, 7) is 9.49. The standard InChI is InChI=1S/C12H23NO2/c1-9(2)6-10(3)7-13-5-4-11(8-13)12(14)15/h9-11H,4-8H2,1-3H3,(H,14,15). The first kappa shape index (κ1) is 12.5. The Labute approximate surface area is 92.5 Å². The molecule has 1 fully saturated rings. The summed E-state index contributed by atoms with van der Waals surface area (Å²) in [7, 11) is 0. The molecule has 0 bridgehead atoms. The van der Waals surface area contributed by atoms with Gasteiger partial charge in [-0.1, -0.05) is 20.8 Å². The number of carboxylic acid groups (broad SMARTS) is 1. The average Bonchev–Trinajstić information content (AvgIpc) is 2.50. The summed E-state index contributed by atoms with van der Waals surface area (Å²) in [4.78, 5) is 13.1. The highest BCUT2D eigenvalue weighted by Gasteiger charge is 2.28. The fourth-order valence-electron chi connectivity index (χ4n) is 2.52. The van der Waals surface area contributed by atoms with Crippen LogP contribution in [0.1, 0.15) is 33.6 Å². The van der Waals surface area contributed by atoms with Crippen molar-refractivity contribution >= 4 is 5.97 Å². The number of aliphatic carboxylic acids is 1. The van der Waals surface area contributed by atoms with E-state index in [2.05, 4.69) is 25.7 Å². The molecule has 1 N–H and O–H groups in total. The van der Waals surface area contributed by atoms with Gasteiger partial charge in [-0.3, -0.25) is 4.79 Å². The molecule has 1 saturated heterocycles. The van der Waals surface area contributed by atoms with Gasteiger partial charge in [0.2, 0.25) is 0 Å².